The van der Waals surface area contributed by atoms with Gasteiger partial charge in [-0.05, 0) is 17.2 Å². The number of H-pyrrole nitrogens is 1. The second kappa shape index (κ2) is 5.87. The molecule has 0 aliphatic heterocycles. The summed E-state index contributed by atoms with van der Waals surface area (Å²) < 4.78 is 0. The second-order valence-corrected chi connectivity index (χ2v) is 3.78. The molecule has 2 aromatic rings. The highest BCUT2D eigenvalue weighted by Gasteiger charge is 2.16. The van der Waals surface area contributed by atoms with Gasteiger partial charge in [-0.1, -0.05) is 30.3 Å². The molecular formula is C11H13N5O2. The highest BCUT2D eigenvalue weighted by atomic mass is 16.3. The number of hydrogen-bond acceptors (Lipinski definition) is 5. The first-order valence-corrected chi connectivity index (χ1v) is 5.48. The van der Waals surface area contributed by atoms with Crippen LogP contribution in [0.5, 0.6) is 0 Å². The Morgan fingerprint density at radius 1 is 1.39 bits per heavy atom. The van der Waals surface area contributed by atoms with Crippen molar-refractivity contribution in [2.45, 2.75) is 12.5 Å². The van der Waals surface area contributed by atoms with Crippen molar-refractivity contribution in [1.82, 2.24) is 25.9 Å². The van der Waals surface area contributed by atoms with Crippen LogP contribution >= 0.6 is 0 Å². The van der Waals surface area contributed by atoms with Crippen LogP contribution in [0.3, 0.4) is 0 Å². The molecule has 0 bridgehead atoms. The van der Waals surface area contributed by atoms with E-state index in [1.54, 1.807) is 0 Å². The summed E-state index contributed by atoms with van der Waals surface area (Å²) in [5.74, 6) is -0.500. The molecule has 1 heterocycles. The Morgan fingerprint density at radius 3 is 2.78 bits per heavy atom. The zero-order chi connectivity index (χ0) is 12.8. The van der Waals surface area contributed by atoms with E-state index < -0.39 is 5.91 Å². The van der Waals surface area contributed by atoms with Gasteiger partial charge in [-0.15, -0.1) is 10.2 Å². The third-order valence-corrected chi connectivity index (χ3v) is 2.43. The predicted molar refractivity (Wildman–Crippen MR) is 62.7 cm³/mol. The minimum Gasteiger partial charge on any atom is -0.394 e. The molecule has 1 aromatic heterocycles. The van der Waals surface area contributed by atoms with Crippen LogP contribution in [0.25, 0.3) is 0 Å². The smallest absolute Gasteiger partial charge is 0.293 e. The molecule has 0 fully saturated rings. The van der Waals surface area contributed by atoms with Crippen molar-refractivity contribution in [3.8, 4) is 0 Å². The van der Waals surface area contributed by atoms with E-state index in [-0.39, 0.29) is 18.5 Å². The van der Waals surface area contributed by atoms with Crippen molar-refractivity contribution < 1.29 is 9.90 Å². The lowest BCUT2D eigenvalue weighted by molar-refractivity contribution is 0.0906. The van der Waals surface area contributed by atoms with E-state index in [0.29, 0.717) is 6.42 Å². The molecule has 94 valence electrons. The first-order valence-electron chi connectivity index (χ1n) is 5.48. The number of aromatic amines is 1. The number of tetrazole rings is 1. The number of carbonyl (C=O) groups excluding carboxylic acids is 1. The van der Waals surface area contributed by atoms with Gasteiger partial charge in [0, 0.05) is 0 Å². The van der Waals surface area contributed by atoms with Gasteiger partial charge in [0.1, 0.15) is 0 Å². The Hall–Kier alpha value is -2.28. The number of aliphatic hydroxyl groups is 1. The van der Waals surface area contributed by atoms with E-state index in [1.807, 2.05) is 30.3 Å². The van der Waals surface area contributed by atoms with Crippen LogP contribution in [0.15, 0.2) is 30.3 Å². The maximum atomic E-state index is 11.7. The third-order valence-electron chi connectivity index (χ3n) is 2.43. The van der Waals surface area contributed by atoms with Gasteiger partial charge >= 0.3 is 0 Å². The normalized spacial score (nSPS) is 12.1. The summed E-state index contributed by atoms with van der Waals surface area (Å²) in [6.45, 7) is -0.154. The van der Waals surface area contributed by atoms with Crippen molar-refractivity contribution in [1.29, 1.82) is 0 Å². The minimum absolute atomic E-state index is 0.0403. The minimum atomic E-state index is -0.460. The van der Waals surface area contributed by atoms with E-state index in [1.165, 1.54) is 0 Å². The number of rotatable bonds is 5. The monoisotopic (exact) mass is 247 g/mol. The number of carbonyl (C=O) groups is 1. The predicted octanol–water partition coefficient (Wildman–Crippen LogP) is -0.467. The first kappa shape index (κ1) is 12.2. The van der Waals surface area contributed by atoms with E-state index in [4.69, 9.17) is 0 Å². The fourth-order valence-electron chi connectivity index (χ4n) is 1.57. The van der Waals surface area contributed by atoms with Gasteiger partial charge in [0.15, 0.2) is 0 Å². The van der Waals surface area contributed by atoms with Crippen LogP contribution in [0, 0.1) is 0 Å². The highest BCUT2D eigenvalue weighted by molar-refractivity contribution is 5.90. The van der Waals surface area contributed by atoms with Gasteiger partial charge in [-0.25, -0.2) is 0 Å². The van der Waals surface area contributed by atoms with Crippen LogP contribution in [0.2, 0.25) is 0 Å². The number of nitrogens with zero attached hydrogens (tertiary/aromatic N) is 3. The summed E-state index contributed by atoms with van der Waals surface area (Å²) in [6.07, 6.45) is 0.543. The Balaban J connectivity index is 1.96. The topological polar surface area (TPSA) is 104 Å². The van der Waals surface area contributed by atoms with Crippen molar-refractivity contribution in [3.63, 3.8) is 0 Å². The van der Waals surface area contributed by atoms with Crippen molar-refractivity contribution >= 4 is 5.91 Å². The SMILES string of the molecule is O=C(N[C@H](CO)Cc1ccccc1)c1nn[nH]n1. The number of aromatic nitrogens is 4. The van der Waals surface area contributed by atoms with E-state index in [9.17, 15) is 9.90 Å². The van der Waals surface area contributed by atoms with Gasteiger partial charge < -0.3 is 10.4 Å². The Morgan fingerprint density at radius 2 is 2.17 bits per heavy atom. The van der Waals surface area contributed by atoms with Crippen molar-refractivity contribution in [2.75, 3.05) is 6.61 Å². The number of nitrogens with one attached hydrogen (secondary N) is 2. The standard InChI is InChI=1S/C11H13N5O2/c17-7-9(6-8-4-2-1-3-5-8)12-11(18)10-13-15-16-14-10/h1-5,9,17H,6-7H2,(H,12,18)(H,13,14,15,16)/t9-/m0/s1. The highest BCUT2D eigenvalue weighted by Crippen LogP contribution is 2.03. The Labute approximate surface area is 103 Å². The lowest BCUT2D eigenvalue weighted by atomic mass is 10.1. The summed E-state index contributed by atoms with van der Waals surface area (Å²) in [4.78, 5) is 11.7. The van der Waals surface area contributed by atoms with Crippen LogP contribution < -0.4 is 5.32 Å². The average molecular weight is 247 g/mol. The Bertz CT molecular complexity index is 485. The molecule has 1 amide bonds. The molecule has 1 atom stereocenters. The van der Waals surface area contributed by atoms with Crippen LogP contribution in [0.1, 0.15) is 16.2 Å². The summed E-state index contributed by atoms with van der Waals surface area (Å²) in [7, 11) is 0. The number of aliphatic hydroxyl groups excluding tert-OH is 1. The number of benzene rings is 1. The van der Waals surface area contributed by atoms with Gasteiger partial charge in [0.25, 0.3) is 11.7 Å². The number of hydrogen-bond donors (Lipinski definition) is 3. The first-order chi connectivity index (χ1) is 8.79. The summed E-state index contributed by atoms with van der Waals surface area (Å²) in [6, 6.07) is 9.22. The molecular weight excluding hydrogens is 234 g/mol. The molecule has 7 nitrogen and oxygen atoms in total. The van der Waals surface area contributed by atoms with E-state index in [0.717, 1.165) is 5.56 Å². The fraction of sp³-hybridized carbons (Fsp3) is 0.273. The van der Waals surface area contributed by atoms with Crippen LogP contribution in [-0.4, -0.2) is 44.3 Å². The molecule has 0 saturated heterocycles. The molecule has 0 aliphatic carbocycles. The molecule has 0 radical (unpaired) electrons. The molecule has 0 spiro atoms. The second-order valence-electron chi connectivity index (χ2n) is 3.78. The van der Waals surface area contributed by atoms with Crippen molar-refractivity contribution in [2.24, 2.45) is 0 Å². The molecule has 3 N–H and O–H groups in total. The summed E-state index contributed by atoms with van der Waals surface area (Å²) >= 11 is 0. The van der Waals surface area contributed by atoms with E-state index >= 15 is 0 Å². The zero-order valence-corrected chi connectivity index (χ0v) is 9.58. The van der Waals surface area contributed by atoms with Gasteiger partial charge in [0.05, 0.1) is 12.6 Å². The lowest BCUT2D eigenvalue weighted by Crippen LogP contribution is -2.39. The maximum Gasteiger partial charge on any atom is 0.293 e. The largest absolute Gasteiger partial charge is 0.394 e. The Kier molecular flexibility index (Phi) is 3.98. The van der Waals surface area contributed by atoms with Crippen LogP contribution in [-0.2, 0) is 6.42 Å². The molecule has 2 rings (SSSR count). The van der Waals surface area contributed by atoms with Gasteiger partial charge in [0.2, 0.25) is 0 Å². The molecule has 0 aliphatic rings. The van der Waals surface area contributed by atoms with Crippen LogP contribution in [0.4, 0.5) is 0 Å². The van der Waals surface area contributed by atoms with Gasteiger partial charge in [-0.3, -0.25) is 4.79 Å². The quantitative estimate of drug-likeness (QED) is 0.663. The summed E-state index contributed by atoms with van der Waals surface area (Å²) in [5, 5.41) is 24.5. The molecule has 0 saturated carbocycles. The fourth-order valence-corrected chi connectivity index (χ4v) is 1.57. The number of amides is 1. The zero-order valence-electron chi connectivity index (χ0n) is 9.58. The molecule has 7 heteroatoms. The van der Waals surface area contributed by atoms with Gasteiger partial charge in [-0.2, -0.15) is 5.21 Å². The maximum absolute atomic E-state index is 11.7. The lowest BCUT2D eigenvalue weighted by Gasteiger charge is -2.15. The molecule has 18 heavy (non-hydrogen) atoms. The molecule has 0 unspecified atom stereocenters. The van der Waals surface area contributed by atoms with Crippen molar-refractivity contribution in [3.05, 3.63) is 41.7 Å². The average Bonchev–Trinajstić information content (AvgIpc) is 2.93. The van der Waals surface area contributed by atoms with E-state index in [2.05, 4.69) is 25.9 Å². The summed E-state index contributed by atoms with van der Waals surface area (Å²) in [5.41, 5.74) is 1.03. The molecule has 1 aromatic carbocycles. The third kappa shape index (κ3) is 3.11.